The Labute approximate surface area is 125 Å². The fourth-order valence-corrected chi connectivity index (χ4v) is 3.01. The summed E-state index contributed by atoms with van der Waals surface area (Å²) in [7, 11) is 0. The summed E-state index contributed by atoms with van der Waals surface area (Å²) in [4.78, 5) is 11.8. The van der Waals surface area contributed by atoms with Gasteiger partial charge in [-0.05, 0) is 32.1 Å². The highest BCUT2D eigenvalue weighted by Crippen LogP contribution is 2.19. The minimum Gasteiger partial charge on any atom is -0.462 e. The third-order valence-electron chi connectivity index (χ3n) is 4.33. The Bertz CT molecular complexity index is 238. The van der Waals surface area contributed by atoms with Crippen LogP contribution in [-0.2, 0) is 9.53 Å². The van der Waals surface area contributed by atoms with Gasteiger partial charge in [-0.3, -0.25) is 4.79 Å². The number of rotatable bonds is 7. The van der Waals surface area contributed by atoms with E-state index in [4.69, 9.17) is 4.74 Å². The van der Waals surface area contributed by atoms with E-state index in [1.165, 1.54) is 70.6 Å². The van der Waals surface area contributed by atoms with Crippen molar-refractivity contribution in [2.45, 2.75) is 109 Å². The van der Waals surface area contributed by atoms with Crippen molar-refractivity contribution >= 4 is 5.97 Å². The predicted molar refractivity (Wildman–Crippen MR) is 84.8 cm³/mol. The summed E-state index contributed by atoms with van der Waals surface area (Å²) in [6.07, 6.45) is 18.3. The molecule has 0 aromatic carbocycles. The van der Waals surface area contributed by atoms with Gasteiger partial charge in [0.1, 0.15) is 6.10 Å². The Morgan fingerprint density at radius 1 is 0.900 bits per heavy atom. The molecule has 0 radical (unpaired) electrons. The van der Waals surface area contributed by atoms with E-state index in [-0.39, 0.29) is 12.1 Å². The largest absolute Gasteiger partial charge is 0.462 e. The Morgan fingerprint density at radius 3 is 2.35 bits per heavy atom. The van der Waals surface area contributed by atoms with Gasteiger partial charge in [-0.25, -0.2) is 0 Å². The summed E-state index contributed by atoms with van der Waals surface area (Å²) < 4.78 is 5.67. The molecule has 0 aromatic heterocycles. The normalized spacial score (nSPS) is 22.1. The predicted octanol–water partition coefficient (Wildman–Crippen LogP) is 5.78. The van der Waals surface area contributed by atoms with Crippen LogP contribution in [0.4, 0.5) is 0 Å². The van der Waals surface area contributed by atoms with Crippen LogP contribution in [0.1, 0.15) is 103 Å². The van der Waals surface area contributed by atoms with Gasteiger partial charge in [0.15, 0.2) is 0 Å². The molecule has 1 rings (SSSR count). The minimum atomic E-state index is 0.0443. The second-order valence-corrected chi connectivity index (χ2v) is 6.33. The molecule has 2 nitrogen and oxygen atoms in total. The highest BCUT2D eigenvalue weighted by molar-refractivity contribution is 5.69. The van der Waals surface area contributed by atoms with Crippen LogP contribution in [0.2, 0.25) is 0 Å². The van der Waals surface area contributed by atoms with Crippen molar-refractivity contribution in [3.8, 4) is 0 Å². The van der Waals surface area contributed by atoms with Crippen LogP contribution in [-0.4, -0.2) is 12.1 Å². The zero-order chi connectivity index (χ0) is 14.5. The Morgan fingerprint density at radius 2 is 1.55 bits per heavy atom. The summed E-state index contributed by atoms with van der Waals surface area (Å²) in [5.41, 5.74) is 0. The molecular formula is C18H34O2. The van der Waals surface area contributed by atoms with Gasteiger partial charge in [0.05, 0.1) is 0 Å². The van der Waals surface area contributed by atoms with E-state index in [2.05, 4.69) is 6.92 Å². The summed E-state index contributed by atoms with van der Waals surface area (Å²) in [6, 6.07) is 0. The zero-order valence-electron chi connectivity index (χ0n) is 13.5. The Kier molecular flexibility index (Phi) is 10.7. The quantitative estimate of drug-likeness (QED) is 0.437. The molecule has 0 N–H and O–H groups in total. The van der Waals surface area contributed by atoms with Crippen LogP contribution in [0.5, 0.6) is 0 Å². The molecule has 0 spiro atoms. The van der Waals surface area contributed by atoms with Gasteiger partial charge in [-0.2, -0.15) is 0 Å². The lowest BCUT2D eigenvalue weighted by molar-refractivity contribution is -0.150. The van der Waals surface area contributed by atoms with Crippen molar-refractivity contribution in [2.75, 3.05) is 0 Å². The molecule has 1 saturated heterocycles. The van der Waals surface area contributed by atoms with Gasteiger partial charge in [-0.15, -0.1) is 0 Å². The van der Waals surface area contributed by atoms with Crippen molar-refractivity contribution in [1.29, 1.82) is 0 Å². The van der Waals surface area contributed by atoms with E-state index >= 15 is 0 Å². The van der Waals surface area contributed by atoms with Crippen LogP contribution in [0, 0.1) is 0 Å². The van der Waals surface area contributed by atoms with Gasteiger partial charge >= 0.3 is 5.97 Å². The molecule has 1 atom stereocenters. The van der Waals surface area contributed by atoms with Crippen LogP contribution >= 0.6 is 0 Å². The van der Waals surface area contributed by atoms with Crippen LogP contribution in [0.15, 0.2) is 0 Å². The first-order chi connectivity index (χ1) is 9.83. The summed E-state index contributed by atoms with van der Waals surface area (Å²) in [5, 5.41) is 0. The molecule has 0 saturated carbocycles. The molecule has 0 bridgehead atoms. The van der Waals surface area contributed by atoms with Crippen molar-refractivity contribution in [2.24, 2.45) is 0 Å². The molecule has 1 unspecified atom stereocenters. The number of esters is 1. The van der Waals surface area contributed by atoms with E-state index in [1.807, 2.05) is 0 Å². The van der Waals surface area contributed by atoms with E-state index in [0.29, 0.717) is 6.42 Å². The number of hydrogen-bond donors (Lipinski definition) is 0. The minimum absolute atomic E-state index is 0.0443. The molecule has 0 aliphatic carbocycles. The van der Waals surface area contributed by atoms with E-state index < -0.39 is 0 Å². The monoisotopic (exact) mass is 282 g/mol. The first kappa shape index (κ1) is 17.5. The molecule has 2 heteroatoms. The van der Waals surface area contributed by atoms with Crippen molar-refractivity contribution < 1.29 is 9.53 Å². The van der Waals surface area contributed by atoms with Crippen LogP contribution in [0.25, 0.3) is 0 Å². The van der Waals surface area contributed by atoms with Crippen molar-refractivity contribution in [3.63, 3.8) is 0 Å². The highest BCUT2D eigenvalue weighted by atomic mass is 16.5. The maximum atomic E-state index is 11.8. The lowest BCUT2D eigenvalue weighted by Gasteiger charge is -2.17. The van der Waals surface area contributed by atoms with Gasteiger partial charge in [0.2, 0.25) is 0 Å². The average molecular weight is 282 g/mol. The number of unbranched alkanes of at least 4 members (excludes halogenated alkanes) is 5. The third-order valence-corrected chi connectivity index (χ3v) is 4.33. The number of ether oxygens (including phenoxy) is 1. The van der Waals surface area contributed by atoms with Gasteiger partial charge in [0.25, 0.3) is 0 Å². The number of cyclic esters (lactones) is 1. The Hall–Kier alpha value is -0.530. The topological polar surface area (TPSA) is 26.3 Å². The number of carbonyl (C=O) groups excluding carboxylic acids is 1. The molecule has 0 aromatic rings. The lowest BCUT2D eigenvalue weighted by atomic mass is 10.0. The lowest BCUT2D eigenvalue weighted by Crippen LogP contribution is -2.18. The fraction of sp³-hybridized carbons (Fsp3) is 0.944. The Balaban J connectivity index is 2.18. The second-order valence-electron chi connectivity index (χ2n) is 6.33. The molecule has 0 amide bonds. The summed E-state index contributed by atoms with van der Waals surface area (Å²) in [5.74, 6) is 0.0443. The summed E-state index contributed by atoms with van der Waals surface area (Å²) >= 11 is 0. The maximum absolute atomic E-state index is 11.8. The molecule has 1 aliphatic heterocycles. The molecule has 118 valence electrons. The van der Waals surface area contributed by atoms with Crippen LogP contribution < -0.4 is 0 Å². The SMILES string of the molecule is CCCCCCCCC1CCCCCCCCC(=O)O1. The van der Waals surface area contributed by atoms with Gasteiger partial charge < -0.3 is 4.74 Å². The smallest absolute Gasteiger partial charge is 0.306 e. The fourth-order valence-electron chi connectivity index (χ4n) is 3.01. The number of carbonyl (C=O) groups is 1. The molecule has 1 heterocycles. The first-order valence-electron chi connectivity index (χ1n) is 9.02. The molecule has 20 heavy (non-hydrogen) atoms. The van der Waals surface area contributed by atoms with Crippen molar-refractivity contribution in [3.05, 3.63) is 0 Å². The standard InChI is InChI=1S/C18H34O2/c1-2-3-4-5-8-11-14-17-15-12-9-6-7-10-13-16-18(19)20-17/h17H,2-16H2,1H3. The average Bonchev–Trinajstić information content (AvgIpc) is 2.48. The van der Waals surface area contributed by atoms with E-state index in [9.17, 15) is 4.79 Å². The van der Waals surface area contributed by atoms with Gasteiger partial charge in [-0.1, -0.05) is 64.7 Å². The highest BCUT2D eigenvalue weighted by Gasteiger charge is 2.14. The van der Waals surface area contributed by atoms with E-state index in [0.717, 1.165) is 19.3 Å². The zero-order valence-corrected chi connectivity index (χ0v) is 13.5. The maximum Gasteiger partial charge on any atom is 0.306 e. The molecule has 1 fully saturated rings. The second kappa shape index (κ2) is 12.2. The molecular weight excluding hydrogens is 248 g/mol. The van der Waals surface area contributed by atoms with Crippen LogP contribution in [0.3, 0.4) is 0 Å². The third kappa shape index (κ3) is 9.39. The molecule has 1 aliphatic rings. The van der Waals surface area contributed by atoms with Crippen molar-refractivity contribution in [1.82, 2.24) is 0 Å². The first-order valence-corrected chi connectivity index (χ1v) is 9.02. The summed E-state index contributed by atoms with van der Waals surface area (Å²) in [6.45, 7) is 2.25. The van der Waals surface area contributed by atoms with Gasteiger partial charge in [0, 0.05) is 6.42 Å². The number of hydrogen-bond acceptors (Lipinski definition) is 2. The van der Waals surface area contributed by atoms with E-state index in [1.54, 1.807) is 0 Å².